The lowest BCUT2D eigenvalue weighted by molar-refractivity contribution is -0.139. The third kappa shape index (κ3) is 2.81. The number of carbonyl (C=O) groups is 3. The monoisotopic (exact) mass is 356 g/mol. The highest BCUT2D eigenvalue weighted by atomic mass is 16.2. The number of nitrogens with zero attached hydrogens (tertiary/aromatic N) is 2. The van der Waals surface area contributed by atoms with Crippen LogP contribution in [0.25, 0.3) is 0 Å². The predicted molar refractivity (Wildman–Crippen MR) is 96.2 cm³/mol. The van der Waals surface area contributed by atoms with E-state index in [4.69, 9.17) is 0 Å². The molecule has 1 spiro atoms. The first-order valence-corrected chi connectivity index (χ1v) is 9.27. The molecule has 2 aliphatic heterocycles. The van der Waals surface area contributed by atoms with Gasteiger partial charge >= 0.3 is 6.03 Å². The van der Waals surface area contributed by atoms with E-state index < -0.39 is 11.6 Å². The van der Waals surface area contributed by atoms with Crippen molar-refractivity contribution in [3.63, 3.8) is 0 Å². The number of carbonyl (C=O) groups excluding carboxylic acids is 3. The number of benzene rings is 1. The van der Waals surface area contributed by atoms with Crippen LogP contribution in [-0.2, 0) is 16.0 Å². The molecule has 4 rings (SSSR count). The van der Waals surface area contributed by atoms with Crippen LogP contribution in [0.5, 0.6) is 0 Å². The van der Waals surface area contributed by atoms with E-state index in [1.165, 1.54) is 5.56 Å². The van der Waals surface area contributed by atoms with E-state index in [0.29, 0.717) is 18.8 Å². The Balaban J connectivity index is 1.40. The lowest BCUT2D eigenvalue weighted by Gasteiger charge is -2.33. The van der Waals surface area contributed by atoms with Crippen LogP contribution in [0.15, 0.2) is 24.3 Å². The molecule has 0 bridgehead atoms. The molecule has 0 atom stereocenters. The highest BCUT2D eigenvalue weighted by Crippen LogP contribution is 2.35. The number of hydrogen-bond acceptors (Lipinski definition) is 4. The van der Waals surface area contributed by atoms with Gasteiger partial charge in [-0.25, -0.2) is 4.79 Å². The number of rotatable bonds is 3. The van der Waals surface area contributed by atoms with Crippen molar-refractivity contribution in [2.75, 3.05) is 18.0 Å². The van der Waals surface area contributed by atoms with Gasteiger partial charge < -0.3 is 10.2 Å². The van der Waals surface area contributed by atoms with Crippen LogP contribution in [0.3, 0.4) is 0 Å². The van der Waals surface area contributed by atoms with Crippen LogP contribution >= 0.6 is 0 Å². The highest BCUT2D eigenvalue weighted by Gasteiger charge is 2.52. The zero-order valence-electron chi connectivity index (χ0n) is 15.0. The lowest BCUT2D eigenvalue weighted by atomic mass is 9.77. The second kappa shape index (κ2) is 6.30. The number of para-hydroxylation sites is 1. The standard InChI is InChI=1S/C19H24N4O3/c1-13-6-9-19(10-7-13)17(25)23(18(26)20-19)21-16(24)12-22-11-8-14-4-2-3-5-15(14)22/h2-5,13H,6-12H2,1H3,(H,20,26)(H,21,24). The Morgan fingerprint density at radius 3 is 2.77 bits per heavy atom. The predicted octanol–water partition coefficient (Wildman–Crippen LogP) is 1.58. The summed E-state index contributed by atoms with van der Waals surface area (Å²) >= 11 is 0. The number of nitrogens with one attached hydrogen (secondary N) is 2. The van der Waals surface area contributed by atoms with E-state index in [0.717, 1.165) is 36.5 Å². The molecule has 0 aromatic heterocycles. The molecule has 2 N–H and O–H groups in total. The van der Waals surface area contributed by atoms with Crippen LogP contribution in [-0.4, -0.2) is 41.5 Å². The minimum atomic E-state index is -0.836. The van der Waals surface area contributed by atoms with Gasteiger partial charge in [-0.2, -0.15) is 5.01 Å². The SMILES string of the molecule is CC1CCC2(CC1)NC(=O)N(NC(=O)CN1CCc3ccccc31)C2=O. The Hall–Kier alpha value is -2.57. The van der Waals surface area contributed by atoms with Crippen LogP contribution in [0, 0.1) is 5.92 Å². The maximum atomic E-state index is 12.8. The first-order chi connectivity index (χ1) is 12.5. The van der Waals surface area contributed by atoms with Gasteiger partial charge in [-0.3, -0.25) is 15.0 Å². The molecule has 1 aromatic carbocycles. The summed E-state index contributed by atoms with van der Waals surface area (Å²) < 4.78 is 0. The maximum absolute atomic E-state index is 12.8. The Morgan fingerprint density at radius 1 is 1.27 bits per heavy atom. The molecular weight excluding hydrogens is 332 g/mol. The van der Waals surface area contributed by atoms with Crippen molar-refractivity contribution >= 4 is 23.5 Å². The zero-order valence-corrected chi connectivity index (χ0v) is 15.0. The summed E-state index contributed by atoms with van der Waals surface area (Å²) in [6.45, 7) is 3.04. The second-order valence-corrected chi connectivity index (χ2v) is 7.67. The minimum absolute atomic E-state index is 0.123. The first-order valence-electron chi connectivity index (χ1n) is 9.27. The summed E-state index contributed by atoms with van der Waals surface area (Å²) in [6, 6.07) is 7.44. The van der Waals surface area contributed by atoms with Gasteiger partial charge in [-0.1, -0.05) is 25.1 Å². The average Bonchev–Trinajstić information content (AvgIpc) is 3.13. The Bertz CT molecular complexity index is 755. The fourth-order valence-electron chi connectivity index (χ4n) is 4.22. The Morgan fingerprint density at radius 2 is 2.00 bits per heavy atom. The summed E-state index contributed by atoms with van der Waals surface area (Å²) in [5.74, 6) is -0.125. The lowest BCUT2D eigenvalue weighted by Crippen LogP contribution is -2.52. The minimum Gasteiger partial charge on any atom is -0.362 e. The molecule has 1 aromatic rings. The van der Waals surface area contributed by atoms with Crippen molar-refractivity contribution < 1.29 is 14.4 Å². The summed E-state index contributed by atoms with van der Waals surface area (Å²) in [5.41, 5.74) is 3.93. The largest absolute Gasteiger partial charge is 0.362 e. The van der Waals surface area contributed by atoms with Gasteiger partial charge in [-0.15, -0.1) is 0 Å². The van der Waals surface area contributed by atoms with Crippen molar-refractivity contribution in [2.24, 2.45) is 5.92 Å². The van der Waals surface area contributed by atoms with Crippen LogP contribution in [0.4, 0.5) is 10.5 Å². The molecule has 1 saturated heterocycles. The van der Waals surface area contributed by atoms with Crippen LogP contribution < -0.4 is 15.6 Å². The Kier molecular flexibility index (Phi) is 4.09. The topological polar surface area (TPSA) is 81.8 Å². The third-order valence-corrected chi connectivity index (χ3v) is 5.84. The molecule has 0 unspecified atom stereocenters. The highest BCUT2D eigenvalue weighted by molar-refractivity contribution is 6.08. The second-order valence-electron chi connectivity index (χ2n) is 7.67. The zero-order chi connectivity index (χ0) is 18.3. The van der Waals surface area contributed by atoms with Gasteiger partial charge in [0.05, 0.1) is 6.54 Å². The van der Waals surface area contributed by atoms with E-state index in [2.05, 4.69) is 23.7 Å². The van der Waals surface area contributed by atoms with Gasteiger partial charge in [0.25, 0.3) is 11.8 Å². The van der Waals surface area contributed by atoms with Gasteiger partial charge in [-0.05, 0) is 49.7 Å². The van der Waals surface area contributed by atoms with Crippen LogP contribution in [0.2, 0.25) is 0 Å². The molecule has 0 radical (unpaired) electrons. The first kappa shape index (κ1) is 16.9. The van der Waals surface area contributed by atoms with Crippen molar-refractivity contribution in [3.05, 3.63) is 29.8 Å². The number of fused-ring (bicyclic) bond motifs is 1. The van der Waals surface area contributed by atoms with E-state index >= 15 is 0 Å². The number of imide groups is 1. The maximum Gasteiger partial charge on any atom is 0.344 e. The number of anilines is 1. The van der Waals surface area contributed by atoms with E-state index in [1.54, 1.807) is 0 Å². The quantitative estimate of drug-likeness (QED) is 0.806. The van der Waals surface area contributed by atoms with Crippen molar-refractivity contribution in [1.82, 2.24) is 15.8 Å². The molecule has 7 nitrogen and oxygen atoms in total. The molecule has 3 aliphatic rings. The number of hydrazine groups is 1. The molecular formula is C19H24N4O3. The molecule has 1 aliphatic carbocycles. The molecule has 1 saturated carbocycles. The average molecular weight is 356 g/mol. The molecule has 7 heteroatoms. The fourth-order valence-corrected chi connectivity index (χ4v) is 4.22. The molecule has 26 heavy (non-hydrogen) atoms. The summed E-state index contributed by atoms with van der Waals surface area (Å²) in [7, 11) is 0. The third-order valence-electron chi connectivity index (χ3n) is 5.84. The molecule has 138 valence electrons. The summed E-state index contributed by atoms with van der Waals surface area (Å²) in [6.07, 6.45) is 3.96. The van der Waals surface area contributed by atoms with Crippen molar-refractivity contribution in [3.8, 4) is 0 Å². The van der Waals surface area contributed by atoms with Crippen molar-refractivity contribution in [1.29, 1.82) is 0 Å². The summed E-state index contributed by atoms with van der Waals surface area (Å²) in [5, 5.41) is 3.69. The molecule has 2 heterocycles. The van der Waals surface area contributed by atoms with Crippen LogP contribution in [0.1, 0.15) is 38.2 Å². The normalized spacial score (nSPS) is 27.7. The van der Waals surface area contributed by atoms with Gasteiger partial charge in [0.1, 0.15) is 5.54 Å². The van der Waals surface area contributed by atoms with E-state index in [1.807, 2.05) is 23.1 Å². The van der Waals surface area contributed by atoms with Crippen molar-refractivity contribution in [2.45, 2.75) is 44.6 Å². The molecule has 4 amide bonds. The molecule has 2 fully saturated rings. The summed E-state index contributed by atoms with van der Waals surface area (Å²) in [4.78, 5) is 39.5. The fraction of sp³-hybridized carbons (Fsp3) is 0.526. The van der Waals surface area contributed by atoms with E-state index in [-0.39, 0.29) is 18.4 Å². The van der Waals surface area contributed by atoms with Gasteiger partial charge in [0.15, 0.2) is 0 Å². The number of urea groups is 1. The van der Waals surface area contributed by atoms with E-state index in [9.17, 15) is 14.4 Å². The van der Waals surface area contributed by atoms with Gasteiger partial charge in [0.2, 0.25) is 0 Å². The number of hydrogen-bond donors (Lipinski definition) is 2. The van der Waals surface area contributed by atoms with Gasteiger partial charge in [0, 0.05) is 12.2 Å². The smallest absolute Gasteiger partial charge is 0.344 e. The number of amides is 4. The Labute approximate surface area is 152 Å².